The van der Waals surface area contributed by atoms with Gasteiger partial charge in [0.25, 0.3) is 0 Å². The molecule has 98 valence electrons. The molecule has 0 aromatic heterocycles. The summed E-state index contributed by atoms with van der Waals surface area (Å²) in [5, 5.41) is 19.6. The van der Waals surface area contributed by atoms with Crippen LogP contribution in [0.25, 0.3) is 0 Å². The van der Waals surface area contributed by atoms with E-state index in [2.05, 4.69) is 15.3 Å². The Labute approximate surface area is 114 Å². The van der Waals surface area contributed by atoms with Crippen LogP contribution in [0.2, 0.25) is 5.02 Å². The number of ether oxygens (including phenoxy) is 1. The van der Waals surface area contributed by atoms with Gasteiger partial charge in [0, 0.05) is 0 Å². The minimum atomic E-state index is -0.648. The molecular formula is C11H10ClN5O2. The number of halogens is 1. The fourth-order valence-electron chi connectivity index (χ4n) is 1.19. The Bertz CT molecular complexity index is 591. The van der Waals surface area contributed by atoms with Crippen molar-refractivity contribution in [3.63, 3.8) is 0 Å². The van der Waals surface area contributed by atoms with Crippen molar-refractivity contribution in [2.75, 3.05) is 12.5 Å². The van der Waals surface area contributed by atoms with E-state index < -0.39 is 11.8 Å². The number of hydrogen-bond acceptors (Lipinski definition) is 6. The lowest BCUT2D eigenvalue weighted by Gasteiger charge is -2.08. The molecule has 0 fully saturated rings. The molecule has 0 heterocycles. The molecule has 0 unspecified atom stereocenters. The second-order valence-electron chi connectivity index (χ2n) is 3.25. The Kier molecular flexibility index (Phi) is 4.85. The van der Waals surface area contributed by atoms with Crippen LogP contribution in [-0.4, -0.2) is 24.6 Å². The van der Waals surface area contributed by atoms with Gasteiger partial charge >= 0.3 is 5.97 Å². The minimum Gasteiger partial charge on any atom is -0.465 e. The Morgan fingerprint density at radius 2 is 2.32 bits per heavy atom. The van der Waals surface area contributed by atoms with E-state index in [1.165, 1.54) is 19.2 Å². The third-order valence-electron chi connectivity index (χ3n) is 2.05. The molecule has 4 N–H and O–H groups in total. The summed E-state index contributed by atoms with van der Waals surface area (Å²) in [5.74, 6) is -1.14. The quantitative estimate of drug-likeness (QED) is 0.332. The van der Waals surface area contributed by atoms with Crippen molar-refractivity contribution in [3.05, 3.63) is 28.8 Å². The van der Waals surface area contributed by atoms with E-state index >= 15 is 0 Å². The number of amidine groups is 1. The van der Waals surface area contributed by atoms with E-state index in [1.54, 1.807) is 12.1 Å². The van der Waals surface area contributed by atoms with Crippen molar-refractivity contribution in [3.8, 4) is 6.07 Å². The number of methoxy groups -OCH3 is 1. The van der Waals surface area contributed by atoms with Crippen molar-refractivity contribution in [1.29, 1.82) is 10.7 Å². The summed E-state index contributed by atoms with van der Waals surface area (Å²) in [4.78, 5) is 11.6. The van der Waals surface area contributed by atoms with Gasteiger partial charge in [-0.05, 0) is 12.1 Å². The molecule has 0 aliphatic rings. The molecule has 0 saturated heterocycles. The fraction of sp³-hybridized carbons (Fsp3) is 0.0909. The van der Waals surface area contributed by atoms with Crippen molar-refractivity contribution < 1.29 is 9.53 Å². The molecule has 8 heteroatoms. The van der Waals surface area contributed by atoms with Gasteiger partial charge in [0.05, 0.1) is 17.8 Å². The van der Waals surface area contributed by atoms with Gasteiger partial charge in [-0.3, -0.25) is 10.8 Å². The molecule has 0 spiro atoms. The number of hydrogen-bond donors (Lipinski definition) is 3. The summed E-state index contributed by atoms with van der Waals surface area (Å²) >= 11 is 5.89. The molecule has 0 saturated carbocycles. The molecule has 0 amide bonds. The zero-order valence-electron chi connectivity index (χ0n) is 9.90. The number of nitrogens with one attached hydrogen (secondary N) is 2. The van der Waals surface area contributed by atoms with E-state index in [9.17, 15) is 4.79 Å². The van der Waals surface area contributed by atoms with Gasteiger partial charge in [-0.1, -0.05) is 17.7 Å². The third kappa shape index (κ3) is 3.43. The van der Waals surface area contributed by atoms with E-state index in [4.69, 9.17) is 28.0 Å². The fourth-order valence-corrected chi connectivity index (χ4v) is 1.44. The first-order chi connectivity index (χ1) is 9.01. The summed E-state index contributed by atoms with van der Waals surface area (Å²) in [6.07, 6.45) is 0. The van der Waals surface area contributed by atoms with Crippen molar-refractivity contribution in [1.82, 2.24) is 0 Å². The van der Waals surface area contributed by atoms with Gasteiger partial charge < -0.3 is 10.5 Å². The van der Waals surface area contributed by atoms with Crippen LogP contribution in [0.5, 0.6) is 0 Å². The number of nitrogens with zero attached hydrogens (tertiary/aromatic N) is 2. The molecule has 0 bridgehead atoms. The normalized spacial score (nSPS) is 10.5. The van der Waals surface area contributed by atoms with Gasteiger partial charge in [0.15, 0.2) is 5.84 Å². The Morgan fingerprint density at radius 1 is 1.63 bits per heavy atom. The van der Waals surface area contributed by atoms with Crippen molar-refractivity contribution in [2.45, 2.75) is 0 Å². The molecule has 1 rings (SSSR count). The highest BCUT2D eigenvalue weighted by atomic mass is 35.5. The maximum Gasteiger partial charge on any atom is 0.341 e. The van der Waals surface area contributed by atoms with E-state index in [1.807, 2.05) is 0 Å². The number of rotatable bonds is 4. The first-order valence-electron chi connectivity index (χ1n) is 4.96. The van der Waals surface area contributed by atoms with Crippen LogP contribution in [0.15, 0.2) is 23.3 Å². The van der Waals surface area contributed by atoms with Crippen molar-refractivity contribution in [2.24, 2.45) is 10.8 Å². The number of benzene rings is 1. The van der Waals surface area contributed by atoms with Crippen LogP contribution in [0.4, 0.5) is 5.69 Å². The van der Waals surface area contributed by atoms with E-state index in [0.29, 0.717) is 0 Å². The number of carbonyl (C=O) groups is 1. The maximum absolute atomic E-state index is 11.6. The lowest BCUT2D eigenvalue weighted by molar-refractivity contribution is 0.0602. The number of carbonyl (C=O) groups excluding carboxylic acids is 1. The van der Waals surface area contributed by atoms with Gasteiger partial charge in [0.2, 0.25) is 5.71 Å². The van der Waals surface area contributed by atoms with Crippen LogP contribution < -0.4 is 11.2 Å². The SMILES string of the molecule is COC(=O)c1c(Cl)cccc1N/N=C(\C#N)C(=N)N. The van der Waals surface area contributed by atoms with Crippen LogP contribution in [0.1, 0.15) is 10.4 Å². The van der Waals surface area contributed by atoms with Crippen LogP contribution in [0.3, 0.4) is 0 Å². The smallest absolute Gasteiger partial charge is 0.341 e. The lowest BCUT2D eigenvalue weighted by atomic mass is 10.2. The predicted octanol–water partition coefficient (Wildman–Crippen LogP) is 1.35. The number of nitriles is 1. The number of anilines is 1. The van der Waals surface area contributed by atoms with Crippen LogP contribution >= 0.6 is 11.6 Å². The summed E-state index contributed by atoms with van der Waals surface area (Å²) in [7, 11) is 1.22. The molecule has 1 aromatic rings. The molecule has 0 atom stereocenters. The third-order valence-corrected chi connectivity index (χ3v) is 2.37. The van der Waals surface area contributed by atoms with E-state index in [-0.39, 0.29) is 22.0 Å². The minimum absolute atomic E-state index is 0.0799. The highest BCUT2D eigenvalue weighted by Crippen LogP contribution is 2.25. The Balaban J connectivity index is 3.16. The largest absolute Gasteiger partial charge is 0.465 e. The first-order valence-corrected chi connectivity index (χ1v) is 5.34. The highest BCUT2D eigenvalue weighted by Gasteiger charge is 2.16. The van der Waals surface area contributed by atoms with E-state index in [0.717, 1.165) is 0 Å². The standard InChI is InChI=1S/C11H10ClN5O2/c1-19-11(18)9-6(12)3-2-4-7(9)16-17-8(5-13)10(14)15/h2-4,16H,1H3,(H3,14,15)/b17-8+. The summed E-state index contributed by atoms with van der Waals surface area (Å²) in [6.45, 7) is 0. The second-order valence-corrected chi connectivity index (χ2v) is 3.66. The average Bonchev–Trinajstić information content (AvgIpc) is 2.38. The molecule has 0 radical (unpaired) electrons. The summed E-state index contributed by atoms with van der Waals surface area (Å²) in [5.41, 5.74) is 7.61. The molecule has 0 aliphatic carbocycles. The average molecular weight is 280 g/mol. The second kappa shape index (κ2) is 6.37. The highest BCUT2D eigenvalue weighted by molar-refractivity contribution is 6.45. The van der Waals surface area contributed by atoms with Gasteiger partial charge in [-0.25, -0.2) is 4.79 Å². The van der Waals surface area contributed by atoms with Crippen LogP contribution in [-0.2, 0) is 4.74 Å². The molecule has 0 aliphatic heterocycles. The number of nitrogens with two attached hydrogens (primary N) is 1. The molecule has 19 heavy (non-hydrogen) atoms. The van der Waals surface area contributed by atoms with Crippen LogP contribution in [0, 0.1) is 16.7 Å². The zero-order chi connectivity index (χ0) is 14.4. The topological polar surface area (TPSA) is 124 Å². The number of hydrazone groups is 1. The Hall–Kier alpha value is -2.59. The monoisotopic (exact) mass is 279 g/mol. The van der Waals surface area contributed by atoms with Gasteiger partial charge in [-0.2, -0.15) is 10.4 Å². The van der Waals surface area contributed by atoms with Crippen molar-refractivity contribution >= 4 is 34.8 Å². The summed E-state index contributed by atoms with van der Waals surface area (Å²) < 4.78 is 4.59. The Morgan fingerprint density at radius 3 is 2.84 bits per heavy atom. The zero-order valence-corrected chi connectivity index (χ0v) is 10.7. The number of esters is 1. The van der Waals surface area contributed by atoms with Gasteiger partial charge in [-0.15, -0.1) is 0 Å². The summed E-state index contributed by atoms with van der Waals surface area (Å²) in [6, 6.07) is 6.26. The predicted molar refractivity (Wildman–Crippen MR) is 71.4 cm³/mol. The van der Waals surface area contributed by atoms with Gasteiger partial charge in [0.1, 0.15) is 11.6 Å². The maximum atomic E-state index is 11.6. The molecule has 1 aromatic carbocycles. The first kappa shape index (κ1) is 14.5. The molecular weight excluding hydrogens is 270 g/mol. The molecule has 7 nitrogen and oxygen atoms in total. The lowest BCUT2D eigenvalue weighted by Crippen LogP contribution is -2.22.